The lowest BCUT2D eigenvalue weighted by Gasteiger charge is -2.35. The van der Waals surface area contributed by atoms with Crippen LogP contribution in [0, 0.1) is 0 Å². The van der Waals surface area contributed by atoms with Crippen molar-refractivity contribution in [1.82, 2.24) is 24.9 Å². The third-order valence-corrected chi connectivity index (χ3v) is 5.27. The van der Waals surface area contributed by atoms with Gasteiger partial charge in [0.15, 0.2) is 11.6 Å². The predicted octanol–water partition coefficient (Wildman–Crippen LogP) is 2.34. The summed E-state index contributed by atoms with van der Waals surface area (Å²) in [4.78, 5) is 17.1. The maximum atomic E-state index is 12.5. The highest BCUT2D eigenvalue weighted by Gasteiger charge is 2.24. The molecule has 7 nitrogen and oxygen atoms in total. The zero-order valence-electron chi connectivity index (χ0n) is 13.2. The minimum Gasteiger partial charge on any atom is -0.352 e. The number of piperazine rings is 1. The van der Waals surface area contributed by atoms with E-state index in [2.05, 4.69) is 20.2 Å². The van der Waals surface area contributed by atoms with Gasteiger partial charge in [-0.1, -0.05) is 11.6 Å². The molecule has 0 unspecified atom stereocenters. The van der Waals surface area contributed by atoms with Crippen molar-refractivity contribution >= 4 is 34.7 Å². The first-order chi connectivity index (χ1) is 12.2. The van der Waals surface area contributed by atoms with Crippen molar-refractivity contribution < 1.29 is 4.79 Å². The zero-order valence-corrected chi connectivity index (χ0v) is 14.8. The summed E-state index contributed by atoms with van der Waals surface area (Å²) < 4.78 is 2.30. The van der Waals surface area contributed by atoms with Crippen LogP contribution in [0.2, 0.25) is 4.34 Å². The average molecular weight is 375 g/mol. The molecule has 1 saturated heterocycles. The van der Waals surface area contributed by atoms with Crippen molar-refractivity contribution in [2.45, 2.75) is 0 Å². The molecule has 0 bridgehead atoms. The number of thiophene rings is 1. The number of nitrogens with zero attached hydrogens (tertiary/aromatic N) is 6. The van der Waals surface area contributed by atoms with Crippen molar-refractivity contribution in [3.63, 3.8) is 0 Å². The van der Waals surface area contributed by atoms with Crippen molar-refractivity contribution in [1.29, 1.82) is 0 Å². The van der Waals surface area contributed by atoms with E-state index in [1.807, 2.05) is 29.3 Å². The fourth-order valence-corrected chi connectivity index (χ4v) is 3.75. The number of halogens is 1. The Labute approximate surface area is 153 Å². The maximum Gasteiger partial charge on any atom is 0.264 e. The highest BCUT2D eigenvalue weighted by molar-refractivity contribution is 7.17. The van der Waals surface area contributed by atoms with Gasteiger partial charge in [-0.05, 0) is 30.3 Å². The van der Waals surface area contributed by atoms with Crippen LogP contribution in [-0.2, 0) is 0 Å². The smallest absolute Gasteiger partial charge is 0.264 e. The Bertz CT molecular complexity index is 855. The molecule has 25 heavy (non-hydrogen) atoms. The van der Waals surface area contributed by atoms with Crippen LogP contribution in [0.3, 0.4) is 0 Å². The Kier molecular flexibility index (Phi) is 4.37. The van der Waals surface area contributed by atoms with Crippen LogP contribution >= 0.6 is 22.9 Å². The lowest BCUT2D eigenvalue weighted by atomic mass is 10.3. The van der Waals surface area contributed by atoms with Crippen LogP contribution in [-0.4, -0.2) is 57.0 Å². The van der Waals surface area contributed by atoms with E-state index in [1.165, 1.54) is 11.3 Å². The van der Waals surface area contributed by atoms with Crippen molar-refractivity contribution in [2.75, 3.05) is 31.1 Å². The first kappa shape index (κ1) is 16.0. The molecular weight excluding hydrogens is 360 g/mol. The minimum absolute atomic E-state index is 0.0386. The topological polar surface area (TPSA) is 67.2 Å². The first-order valence-corrected chi connectivity index (χ1v) is 9.03. The Balaban J connectivity index is 1.39. The summed E-state index contributed by atoms with van der Waals surface area (Å²) in [6.07, 6.45) is 3.53. The molecule has 0 aliphatic carbocycles. The molecule has 3 aromatic rings. The van der Waals surface area contributed by atoms with Crippen molar-refractivity contribution in [2.24, 2.45) is 0 Å². The maximum absolute atomic E-state index is 12.5. The van der Waals surface area contributed by atoms with Gasteiger partial charge in [0.05, 0.1) is 9.21 Å². The molecule has 1 aliphatic rings. The summed E-state index contributed by atoms with van der Waals surface area (Å²) in [7, 11) is 0. The van der Waals surface area contributed by atoms with E-state index in [4.69, 9.17) is 11.6 Å². The molecular formula is C16H15ClN6OS. The van der Waals surface area contributed by atoms with Crippen LogP contribution < -0.4 is 4.90 Å². The monoisotopic (exact) mass is 374 g/mol. The summed E-state index contributed by atoms with van der Waals surface area (Å²) in [5, 5.41) is 12.6. The summed E-state index contributed by atoms with van der Waals surface area (Å²) in [5.41, 5.74) is 0. The molecule has 0 atom stereocenters. The fourth-order valence-electron chi connectivity index (χ4n) is 2.74. The third kappa shape index (κ3) is 3.35. The minimum atomic E-state index is 0.0386. The van der Waals surface area contributed by atoms with E-state index in [0.717, 1.165) is 18.9 Å². The van der Waals surface area contributed by atoms with Crippen LogP contribution in [0.25, 0.3) is 5.82 Å². The Morgan fingerprint density at radius 2 is 1.80 bits per heavy atom. The molecule has 1 fully saturated rings. The largest absolute Gasteiger partial charge is 0.352 e. The van der Waals surface area contributed by atoms with Crippen molar-refractivity contribution in [3.8, 4) is 5.82 Å². The molecule has 0 radical (unpaired) electrons. The lowest BCUT2D eigenvalue weighted by Crippen LogP contribution is -2.49. The number of amides is 1. The molecule has 4 heterocycles. The second kappa shape index (κ2) is 6.81. The van der Waals surface area contributed by atoms with Crippen LogP contribution in [0.1, 0.15) is 9.67 Å². The quantitative estimate of drug-likeness (QED) is 0.704. The molecule has 0 aromatic carbocycles. The second-order valence-corrected chi connectivity index (χ2v) is 7.30. The van der Waals surface area contributed by atoms with Crippen molar-refractivity contribution in [3.05, 3.63) is 51.9 Å². The van der Waals surface area contributed by atoms with Gasteiger partial charge >= 0.3 is 0 Å². The fraction of sp³-hybridized carbons (Fsp3) is 0.250. The molecule has 1 aliphatic heterocycles. The van der Waals surface area contributed by atoms with E-state index in [9.17, 15) is 4.79 Å². The van der Waals surface area contributed by atoms with E-state index in [0.29, 0.717) is 28.1 Å². The second-order valence-electron chi connectivity index (χ2n) is 5.58. The number of hydrogen-bond donors (Lipinski definition) is 0. The van der Waals surface area contributed by atoms with Gasteiger partial charge < -0.3 is 9.80 Å². The average Bonchev–Trinajstić information content (AvgIpc) is 3.33. The molecule has 3 aromatic heterocycles. The van der Waals surface area contributed by atoms with Gasteiger partial charge in [0, 0.05) is 38.6 Å². The Morgan fingerprint density at radius 1 is 1.04 bits per heavy atom. The Morgan fingerprint density at radius 3 is 2.40 bits per heavy atom. The van der Waals surface area contributed by atoms with Crippen LogP contribution in [0.15, 0.2) is 42.7 Å². The van der Waals surface area contributed by atoms with Gasteiger partial charge in [0.2, 0.25) is 0 Å². The highest BCUT2D eigenvalue weighted by atomic mass is 35.5. The number of carbonyl (C=O) groups is 1. The number of rotatable bonds is 3. The summed E-state index contributed by atoms with van der Waals surface area (Å²) in [6.45, 7) is 2.75. The molecule has 1 amide bonds. The zero-order chi connectivity index (χ0) is 17.2. The molecule has 0 saturated carbocycles. The number of carbonyl (C=O) groups excluding carboxylic acids is 1. The molecule has 0 N–H and O–H groups in total. The third-order valence-electron chi connectivity index (χ3n) is 4.05. The van der Waals surface area contributed by atoms with Gasteiger partial charge in [-0.3, -0.25) is 4.79 Å². The molecule has 4 rings (SSSR count). The first-order valence-electron chi connectivity index (χ1n) is 7.84. The number of hydrogen-bond acceptors (Lipinski definition) is 6. The van der Waals surface area contributed by atoms with Gasteiger partial charge in [-0.15, -0.1) is 21.5 Å². The van der Waals surface area contributed by atoms with Gasteiger partial charge in [0.25, 0.3) is 5.91 Å². The Hall–Kier alpha value is -2.45. The van der Waals surface area contributed by atoms with E-state index >= 15 is 0 Å². The lowest BCUT2D eigenvalue weighted by molar-refractivity contribution is 0.0751. The van der Waals surface area contributed by atoms with Crippen LogP contribution in [0.5, 0.6) is 0 Å². The van der Waals surface area contributed by atoms with E-state index < -0.39 is 0 Å². The SMILES string of the molecule is O=C(c1ccc(Cl)s1)N1CCN(c2ccc(-n3cccn3)nn2)CC1. The standard InChI is InChI=1S/C16H15ClN6OS/c17-13-3-2-12(25-13)16(24)22-10-8-21(9-11-22)14-4-5-15(20-19-14)23-7-1-6-18-23/h1-7H,8-11H2. The van der Waals surface area contributed by atoms with E-state index in [-0.39, 0.29) is 5.91 Å². The molecule has 0 spiro atoms. The van der Waals surface area contributed by atoms with Gasteiger partial charge in [-0.25, -0.2) is 4.68 Å². The van der Waals surface area contributed by atoms with Gasteiger partial charge in [0.1, 0.15) is 0 Å². The number of aromatic nitrogens is 4. The van der Waals surface area contributed by atoms with Gasteiger partial charge in [-0.2, -0.15) is 5.10 Å². The molecule has 128 valence electrons. The summed E-state index contributed by atoms with van der Waals surface area (Å²) in [5.74, 6) is 1.52. The van der Waals surface area contributed by atoms with E-state index in [1.54, 1.807) is 23.0 Å². The predicted molar refractivity (Wildman–Crippen MR) is 96.6 cm³/mol. The highest BCUT2D eigenvalue weighted by Crippen LogP contribution is 2.23. The number of anilines is 1. The summed E-state index contributed by atoms with van der Waals surface area (Å²) in [6, 6.07) is 9.20. The summed E-state index contributed by atoms with van der Waals surface area (Å²) >= 11 is 7.23. The normalized spacial score (nSPS) is 14.8. The molecule has 9 heteroatoms. The van der Waals surface area contributed by atoms with Crippen LogP contribution in [0.4, 0.5) is 5.82 Å².